The molecule has 6 heteroatoms. The molecule has 2 aromatic heterocycles. The molecule has 0 amide bonds. The first-order valence-electron chi connectivity index (χ1n) is 8.98. The number of aromatic nitrogens is 3. The lowest BCUT2D eigenvalue weighted by Gasteiger charge is -2.30. The van der Waals surface area contributed by atoms with E-state index in [1.807, 2.05) is 7.05 Å². The zero-order chi connectivity index (χ0) is 16.7. The van der Waals surface area contributed by atoms with Gasteiger partial charge in [-0.2, -0.15) is 9.97 Å². The van der Waals surface area contributed by atoms with Crippen LogP contribution in [0.4, 0.5) is 11.8 Å². The molecule has 0 radical (unpaired) electrons. The number of likely N-dealkylation sites (tertiary alicyclic amines) is 1. The standard InChI is InChI=1S/C18H26N6/c1-11-13-7-4-8-14(13)21-17-15(11)16(19-2)22-18(23-17)20-12-6-5-9-24(3)10-12/h12H,4-10H2,1-3H3,(H2,19,20,21,22,23)/t12-/m1/s1. The number of nitrogens with zero attached hydrogens (tertiary/aromatic N) is 4. The number of anilines is 2. The molecule has 2 aromatic rings. The van der Waals surface area contributed by atoms with Crippen molar-refractivity contribution in [3.63, 3.8) is 0 Å². The number of pyridine rings is 1. The molecule has 3 heterocycles. The Bertz CT molecular complexity index is 772. The molecule has 0 unspecified atom stereocenters. The molecule has 0 saturated carbocycles. The third-order valence-corrected chi connectivity index (χ3v) is 5.34. The fourth-order valence-corrected chi connectivity index (χ4v) is 4.12. The van der Waals surface area contributed by atoms with Crippen molar-refractivity contribution in [2.75, 3.05) is 37.8 Å². The van der Waals surface area contributed by atoms with E-state index >= 15 is 0 Å². The number of hydrogen-bond acceptors (Lipinski definition) is 6. The summed E-state index contributed by atoms with van der Waals surface area (Å²) >= 11 is 0. The summed E-state index contributed by atoms with van der Waals surface area (Å²) in [6.45, 7) is 4.39. The van der Waals surface area contributed by atoms with Gasteiger partial charge in [0.25, 0.3) is 0 Å². The monoisotopic (exact) mass is 326 g/mol. The van der Waals surface area contributed by atoms with Gasteiger partial charge in [-0.25, -0.2) is 4.98 Å². The molecule has 1 atom stereocenters. The number of hydrogen-bond donors (Lipinski definition) is 2. The van der Waals surface area contributed by atoms with Crippen LogP contribution in [-0.4, -0.2) is 53.1 Å². The lowest BCUT2D eigenvalue weighted by Crippen LogP contribution is -2.40. The summed E-state index contributed by atoms with van der Waals surface area (Å²) in [5.74, 6) is 1.57. The number of nitrogens with one attached hydrogen (secondary N) is 2. The van der Waals surface area contributed by atoms with Crippen LogP contribution in [0.1, 0.15) is 36.1 Å². The highest BCUT2D eigenvalue weighted by Crippen LogP contribution is 2.32. The number of fused-ring (bicyclic) bond motifs is 2. The number of piperidine rings is 1. The molecule has 1 aliphatic heterocycles. The number of rotatable bonds is 3. The first-order valence-corrected chi connectivity index (χ1v) is 8.98. The number of aryl methyl sites for hydroxylation is 2. The first kappa shape index (κ1) is 15.6. The molecule has 2 aliphatic rings. The summed E-state index contributed by atoms with van der Waals surface area (Å²) in [6.07, 6.45) is 5.77. The Balaban J connectivity index is 1.74. The van der Waals surface area contributed by atoms with Crippen molar-refractivity contribution in [3.05, 3.63) is 16.8 Å². The smallest absolute Gasteiger partial charge is 0.226 e. The predicted octanol–water partition coefficient (Wildman–Crippen LogP) is 2.37. The molecule has 128 valence electrons. The van der Waals surface area contributed by atoms with Crippen LogP contribution in [0.25, 0.3) is 11.0 Å². The minimum atomic E-state index is 0.404. The third kappa shape index (κ3) is 2.69. The van der Waals surface area contributed by atoms with Crippen LogP contribution >= 0.6 is 0 Å². The van der Waals surface area contributed by atoms with E-state index in [-0.39, 0.29) is 0 Å². The fraction of sp³-hybridized carbons (Fsp3) is 0.611. The summed E-state index contributed by atoms with van der Waals surface area (Å²) in [4.78, 5) is 16.7. The Morgan fingerprint density at radius 3 is 2.79 bits per heavy atom. The summed E-state index contributed by atoms with van der Waals surface area (Å²) in [6, 6.07) is 0.404. The quantitative estimate of drug-likeness (QED) is 0.903. The van der Waals surface area contributed by atoms with Crippen LogP contribution in [-0.2, 0) is 12.8 Å². The highest BCUT2D eigenvalue weighted by Gasteiger charge is 2.22. The van der Waals surface area contributed by atoms with E-state index in [0.717, 1.165) is 42.7 Å². The molecule has 1 saturated heterocycles. The van der Waals surface area contributed by atoms with Gasteiger partial charge in [-0.3, -0.25) is 0 Å². The highest BCUT2D eigenvalue weighted by molar-refractivity contribution is 5.91. The Morgan fingerprint density at radius 1 is 1.12 bits per heavy atom. The Hall–Kier alpha value is -1.95. The van der Waals surface area contributed by atoms with Gasteiger partial charge in [-0.15, -0.1) is 0 Å². The highest BCUT2D eigenvalue weighted by atomic mass is 15.2. The summed E-state index contributed by atoms with van der Waals surface area (Å²) in [5, 5.41) is 7.84. The van der Waals surface area contributed by atoms with Gasteiger partial charge in [0, 0.05) is 25.3 Å². The van der Waals surface area contributed by atoms with Crippen LogP contribution in [0.3, 0.4) is 0 Å². The largest absolute Gasteiger partial charge is 0.372 e. The van der Waals surface area contributed by atoms with Crippen molar-refractivity contribution < 1.29 is 0 Å². The van der Waals surface area contributed by atoms with Crippen molar-refractivity contribution in [1.29, 1.82) is 0 Å². The molecule has 2 N–H and O–H groups in total. The number of likely N-dealkylation sites (N-methyl/N-ethyl adjacent to an activating group) is 1. The third-order valence-electron chi connectivity index (χ3n) is 5.34. The molecular weight excluding hydrogens is 300 g/mol. The molecule has 4 rings (SSSR count). The minimum absolute atomic E-state index is 0.404. The molecule has 0 aromatic carbocycles. The molecule has 0 bridgehead atoms. The summed E-state index contributed by atoms with van der Waals surface area (Å²) < 4.78 is 0. The lowest BCUT2D eigenvalue weighted by molar-refractivity contribution is 0.260. The second-order valence-corrected chi connectivity index (χ2v) is 7.11. The van der Waals surface area contributed by atoms with Crippen molar-refractivity contribution in [2.45, 2.75) is 45.1 Å². The lowest BCUT2D eigenvalue weighted by atomic mass is 10.0. The van der Waals surface area contributed by atoms with Gasteiger partial charge in [0.05, 0.1) is 5.39 Å². The van der Waals surface area contributed by atoms with E-state index in [2.05, 4.69) is 29.5 Å². The molecule has 1 aliphatic carbocycles. The van der Waals surface area contributed by atoms with Crippen molar-refractivity contribution >= 4 is 22.8 Å². The molecular formula is C18H26N6. The van der Waals surface area contributed by atoms with E-state index < -0.39 is 0 Å². The minimum Gasteiger partial charge on any atom is -0.372 e. The van der Waals surface area contributed by atoms with Gasteiger partial charge in [-0.1, -0.05) is 0 Å². The average molecular weight is 326 g/mol. The maximum atomic E-state index is 4.85. The first-order chi connectivity index (χ1) is 11.7. The zero-order valence-corrected chi connectivity index (χ0v) is 14.8. The zero-order valence-electron chi connectivity index (χ0n) is 14.8. The van der Waals surface area contributed by atoms with Crippen LogP contribution in [0.5, 0.6) is 0 Å². The maximum Gasteiger partial charge on any atom is 0.226 e. The average Bonchev–Trinajstić information content (AvgIpc) is 3.03. The summed E-state index contributed by atoms with van der Waals surface area (Å²) in [5.41, 5.74) is 4.74. The molecule has 0 spiro atoms. The Kier molecular flexibility index (Phi) is 4.00. The van der Waals surface area contributed by atoms with E-state index in [1.54, 1.807) is 0 Å². The van der Waals surface area contributed by atoms with Gasteiger partial charge in [0.1, 0.15) is 5.82 Å². The topological polar surface area (TPSA) is 66.0 Å². The maximum absolute atomic E-state index is 4.85. The van der Waals surface area contributed by atoms with Gasteiger partial charge in [0.2, 0.25) is 5.95 Å². The van der Waals surface area contributed by atoms with E-state index in [0.29, 0.717) is 12.0 Å². The fourth-order valence-electron chi connectivity index (χ4n) is 4.12. The molecule has 24 heavy (non-hydrogen) atoms. The van der Waals surface area contributed by atoms with Gasteiger partial charge in [0.15, 0.2) is 5.65 Å². The van der Waals surface area contributed by atoms with Crippen LogP contribution in [0.2, 0.25) is 0 Å². The SMILES string of the molecule is CNc1nc(N[C@@H]2CCCN(C)C2)nc2nc3c(c(C)c12)CCC3. The molecule has 6 nitrogen and oxygen atoms in total. The van der Waals surface area contributed by atoms with E-state index in [1.165, 1.54) is 36.2 Å². The van der Waals surface area contributed by atoms with Crippen LogP contribution < -0.4 is 10.6 Å². The van der Waals surface area contributed by atoms with Crippen LogP contribution in [0, 0.1) is 6.92 Å². The van der Waals surface area contributed by atoms with Crippen LogP contribution in [0.15, 0.2) is 0 Å². The predicted molar refractivity (Wildman–Crippen MR) is 97.8 cm³/mol. The molecule has 1 fully saturated rings. The van der Waals surface area contributed by atoms with Crippen molar-refractivity contribution in [2.24, 2.45) is 0 Å². The van der Waals surface area contributed by atoms with E-state index in [9.17, 15) is 0 Å². The van der Waals surface area contributed by atoms with Gasteiger partial charge < -0.3 is 15.5 Å². The summed E-state index contributed by atoms with van der Waals surface area (Å²) in [7, 11) is 4.09. The second kappa shape index (κ2) is 6.16. The van der Waals surface area contributed by atoms with E-state index in [4.69, 9.17) is 15.0 Å². The van der Waals surface area contributed by atoms with Gasteiger partial charge >= 0.3 is 0 Å². The second-order valence-electron chi connectivity index (χ2n) is 7.11. The Labute approximate surface area is 143 Å². The van der Waals surface area contributed by atoms with Crippen molar-refractivity contribution in [1.82, 2.24) is 19.9 Å². The van der Waals surface area contributed by atoms with Gasteiger partial charge in [-0.05, 0) is 63.7 Å². The Morgan fingerprint density at radius 2 is 2.00 bits per heavy atom. The normalized spacial score (nSPS) is 21.0. The van der Waals surface area contributed by atoms with Crippen molar-refractivity contribution in [3.8, 4) is 0 Å².